The molecule has 1 fully saturated rings. The maximum atomic E-state index is 13.3. The summed E-state index contributed by atoms with van der Waals surface area (Å²) >= 11 is 2.16. The molecule has 0 saturated carbocycles. The molecular formula is C26H36IN3O6. The summed E-state index contributed by atoms with van der Waals surface area (Å²) in [6.07, 6.45) is 2.45. The molecule has 0 aromatic heterocycles. The Bertz CT molecular complexity index is 921. The third kappa shape index (κ3) is 8.01. The molecule has 3 N–H and O–H groups in total. The van der Waals surface area contributed by atoms with Crippen LogP contribution in [-0.2, 0) is 14.3 Å². The van der Waals surface area contributed by atoms with Crippen LogP contribution in [0.25, 0.3) is 0 Å². The number of rotatable bonds is 12. The van der Waals surface area contributed by atoms with Crippen LogP contribution in [0.5, 0.6) is 5.75 Å². The fourth-order valence-corrected chi connectivity index (χ4v) is 4.90. The third-order valence-corrected chi connectivity index (χ3v) is 7.25. The number of aliphatic hydroxyl groups excluding tert-OH is 2. The van der Waals surface area contributed by atoms with Gasteiger partial charge in [-0.1, -0.05) is 18.2 Å². The van der Waals surface area contributed by atoms with E-state index in [1.165, 1.54) is 0 Å². The molecule has 1 aliphatic heterocycles. The number of allylic oxidation sites excluding steroid dienone is 1. The highest BCUT2D eigenvalue weighted by Crippen LogP contribution is 2.30. The van der Waals surface area contributed by atoms with Gasteiger partial charge in [-0.25, -0.2) is 0 Å². The van der Waals surface area contributed by atoms with Crippen molar-refractivity contribution in [1.29, 1.82) is 0 Å². The van der Waals surface area contributed by atoms with Gasteiger partial charge in [-0.3, -0.25) is 14.5 Å². The number of aliphatic hydroxyl groups is 2. The molecule has 2 aliphatic rings. The fraction of sp³-hybridized carbons (Fsp3) is 0.538. The highest BCUT2D eigenvalue weighted by atomic mass is 127. The Morgan fingerprint density at radius 1 is 1.31 bits per heavy atom. The van der Waals surface area contributed by atoms with Crippen LogP contribution in [-0.4, -0.2) is 103 Å². The number of morpholine rings is 1. The third-order valence-electron chi connectivity index (χ3n) is 6.36. The minimum atomic E-state index is -1.03. The van der Waals surface area contributed by atoms with Crippen LogP contribution in [0, 0.1) is 3.57 Å². The highest BCUT2D eigenvalue weighted by Gasteiger charge is 2.40. The van der Waals surface area contributed by atoms with E-state index in [4.69, 9.17) is 14.6 Å². The Morgan fingerprint density at radius 2 is 2.06 bits per heavy atom. The molecule has 1 aromatic carbocycles. The van der Waals surface area contributed by atoms with Gasteiger partial charge in [-0.05, 0) is 47.2 Å². The summed E-state index contributed by atoms with van der Waals surface area (Å²) in [6, 6.07) is 6.80. The van der Waals surface area contributed by atoms with Gasteiger partial charge in [0.15, 0.2) is 0 Å². The summed E-state index contributed by atoms with van der Waals surface area (Å²) in [5.74, 6) is 0.147. The van der Waals surface area contributed by atoms with Gasteiger partial charge in [0.25, 0.3) is 0 Å². The zero-order chi connectivity index (χ0) is 25.9. The zero-order valence-electron chi connectivity index (χ0n) is 20.5. The first-order valence-corrected chi connectivity index (χ1v) is 13.4. The van der Waals surface area contributed by atoms with Crippen LogP contribution in [0.4, 0.5) is 0 Å². The molecule has 3 rings (SSSR count). The molecule has 36 heavy (non-hydrogen) atoms. The smallest absolute Gasteiger partial charge is 0.247 e. The topological polar surface area (TPSA) is 112 Å². The monoisotopic (exact) mass is 613 g/mol. The maximum Gasteiger partial charge on any atom is 0.247 e. The number of nitrogens with zero attached hydrogens (tertiary/aromatic N) is 2. The molecule has 3 unspecified atom stereocenters. The number of para-hydroxylation sites is 1. The molecule has 0 spiro atoms. The van der Waals surface area contributed by atoms with Gasteiger partial charge in [-0.15, -0.1) is 6.58 Å². The molecule has 1 heterocycles. The fourth-order valence-electron chi connectivity index (χ4n) is 4.39. The lowest BCUT2D eigenvalue weighted by Crippen LogP contribution is -2.56. The van der Waals surface area contributed by atoms with Gasteiger partial charge in [0, 0.05) is 51.1 Å². The summed E-state index contributed by atoms with van der Waals surface area (Å²) in [4.78, 5) is 30.1. The first-order chi connectivity index (χ1) is 17.4. The molecule has 1 saturated heterocycles. The number of nitrogens with one attached hydrogen (secondary N) is 1. The largest absolute Gasteiger partial charge is 0.482 e. The number of amides is 2. The minimum Gasteiger partial charge on any atom is -0.482 e. The van der Waals surface area contributed by atoms with Gasteiger partial charge in [0.2, 0.25) is 11.8 Å². The van der Waals surface area contributed by atoms with Crippen LogP contribution < -0.4 is 10.1 Å². The van der Waals surface area contributed by atoms with E-state index < -0.39 is 18.2 Å². The van der Waals surface area contributed by atoms with Crippen molar-refractivity contribution in [3.63, 3.8) is 0 Å². The molecule has 9 nitrogen and oxygen atoms in total. The second-order valence-electron chi connectivity index (χ2n) is 8.81. The Kier molecular flexibility index (Phi) is 11.6. The van der Waals surface area contributed by atoms with Crippen molar-refractivity contribution in [1.82, 2.24) is 15.1 Å². The van der Waals surface area contributed by atoms with Crippen LogP contribution >= 0.6 is 22.6 Å². The lowest BCUT2D eigenvalue weighted by molar-refractivity contribution is -0.139. The Morgan fingerprint density at radius 3 is 2.75 bits per heavy atom. The standard InChI is InChI=1S/C26H36IN3O6/c1-2-3-8-24(32)30(11-10-29-12-15-35-16-13-29)21-17-19(26(34)28-9-14-31)18-23(25(21)33)36-22-7-5-4-6-20(22)27/h2,4-7,18,21,23,25,31,33H,1,3,8-17H2,(H,28,34). The van der Waals surface area contributed by atoms with E-state index in [0.717, 1.165) is 16.7 Å². The average Bonchev–Trinajstić information content (AvgIpc) is 2.89. The molecule has 0 radical (unpaired) electrons. The number of hydrogen-bond acceptors (Lipinski definition) is 7. The first kappa shape index (κ1) is 28.6. The molecule has 0 bridgehead atoms. The molecule has 1 aromatic rings. The van der Waals surface area contributed by atoms with Crippen molar-refractivity contribution in [2.75, 3.05) is 52.5 Å². The van der Waals surface area contributed by atoms with Gasteiger partial charge >= 0.3 is 0 Å². The molecule has 3 atom stereocenters. The number of halogens is 1. The molecule has 1 aliphatic carbocycles. The van der Waals surface area contributed by atoms with Crippen LogP contribution in [0.3, 0.4) is 0 Å². The lowest BCUT2D eigenvalue weighted by atomic mass is 9.88. The van der Waals surface area contributed by atoms with E-state index in [1.54, 1.807) is 17.1 Å². The van der Waals surface area contributed by atoms with E-state index >= 15 is 0 Å². The number of ether oxygens (including phenoxy) is 2. The SMILES string of the molecule is C=CCCC(=O)N(CCN1CCOCC1)C1CC(C(=O)NCCO)=CC(Oc2ccccc2I)C1O. The zero-order valence-corrected chi connectivity index (χ0v) is 22.6. The van der Waals surface area contributed by atoms with Crippen molar-refractivity contribution < 1.29 is 29.3 Å². The predicted octanol–water partition coefficient (Wildman–Crippen LogP) is 1.33. The molecule has 2 amide bonds. The summed E-state index contributed by atoms with van der Waals surface area (Å²) in [5.41, 5.74) is 0.419. The Hall–Kier alpha value is -1.99. The predicted molar refractivity (Wildman–Crippen MR) is 145 cm³/mol. The maximum absolute atomic E-state index is 13.3. The van der Waals surface area contributed by atoms with E-state index in [2.05, 4.69) is 39.4 Å². The molecule has 10 heteroatoms. The summed E-state index contributed by atoms with van der Waals surface area (Å²) < 4.78 is 12.5. The number of carbonyl (C=O) groups excluding carboxylic acids is 2. The summed E-state index contributed by atoms with van der Waals surface area (Å²) in [7, 11) is 0. The average molecular weight is 613 g/mol. The lowest BCUT2D eigenvalue weighted by Gasteiger charge is -2.41. The Labute approximate surface area is 226 Å². The van der Waals surface area contributed by atoms with Crippen molar-refractivity contribution in [2.24, 2.45) is 0 Å². The van der Waals surface area contributed by atoms with Gasteiger partial charge in [0.1, 0.15) is 18.0 Å². The highest BCUT2D eigenvalue weighted by molar-refractivity contribution is 14.1. The summed E-state index contributed by atoms with van der Waals surface area (Å²) in [6.45, 7) is 7.60. The second kappa shape index (κ2) is 14.7. The van der Waals surface area contributed by atoms with Gasteiger partial charge in [0.05, 0.1) is 29.4 Å². The van der Waals surface area contributed by atoms with Crippen molar-refractivity contribution in [3.8, 4) is 5.75 Å². The van der Waals surface area contributed by atoms with E-state index in [1.807, 2.05) is 24.3 Å². The van der Waals surface area contributed by atoms with E-state index in [-0.39, 0.29) is 37.8 Å². The van der Waals surface area contributed by atoms with Crippen molar-refractivity contribution >= 4 is 34.4 Å². The quantitative estimate of drug-likeness (QED) is 0.241. The number of hydrogen-bond donors (Lipinski definition) is 3. The normalized spacial score (nSPS) is 22.4. The van der Waals surface area contributed by atoms with E-state index in [9.17, 15) is 14.7 Å². The van der Waals surface area contributed by atoms with Crippen LogP contribution in [0.1, 0.15) is 19.3 Å². The van der Waals surface area contributed by atoms with Crippen LogP contribution in [0.15, 0.2) is 48.6 Å². The van der Waals surface area contributed by atoms with Gasteiger partial charge in [-0.2, -0.15) is 0 Å². The van der Waals surface area contributed by atoms with Crippen molar-refractivity contribution in [2.45, 2.75) is 37.5 Å². The first-order valence-electron chi connectivity index (χ1n) is 12.3. The molecular weight excluding hydrogens is 577 g/mol. The van der Waals surface area contributed by atoms with Gasteiger partial charge < -0.3 is 29.9 Å². The minimum absolute atomic E-state index is 0.0998. The van der Waals surface area contributed by atoms with Crippen molar-refractivity contribution in [3.05, 3.63) is 52.1 Å². The van der Waals surface area contributed by atoms with E-state index in [0.29, 0.717) is 44.0 Å². The van der Waals surface area contributed by atoms with Crippen LogP contribution in [0.2, 0.25) is 0 Å². The second-order valence-corrected chi connectivity index (χ2v) is 9.98. The Balaban J connectivity index is 1.87. The number of carbonyl (C=O) groups is 2. The summed E-state index contributed by atoms with van der Waals surface area (Å²) in [5, 5.41) is 23.3. The molecule has 198 valence electrons. The number of benzene rings is 1.